The van der Waals surface area contributed by atoms with E-state index >= 15 is 0 Å². The second-order valence-electron chi connectivity index (χ2n) is 4.15. The molecule has 100 valence electrons. The van der Waals surface area contributed by atoms with Gasteiger partial charge in [0.2, 0.25) is 0 Å². The lowest BCUT2D eigenvalue weighted by Gasteiger charge is -2.06. The molecule has 4 nitrogen and oxygen atoms in total. The highest BCUT2D eigenvalue weighted by Crippen LogP contribution is 2.13. The minimum Gasteiger partial charge on any atom is -0.379 e. The van der Waals surface area contributed by atoms with Crippen LogP contribution in [-0.4, -0.2) is 17.4 Å². The number of aromatic nitrogens is 1. The lowest BCUT2D eigenvalue weighted by atomic mass is 10.2. The van der Waals surface area contributed by atoms with Crippen LogP contribution in [0.4, 0.5) is 5.69 Å². The van der Waals surface area contributed by atoms with Crippen molar-refractivity contribution in [3.8, 4) is 0 Å². The highest BCUT2D eigenvalue weighted by Gasteiger charge is 2.03. The monoisotopic (exact) mass is 275 g/mol. The van der Waals surface area contributed by atoms with Crippen LogP contribution in [-0.2, 0) is 6.54 Å². The Labute approximate surface area is 116 Å². The van der Waals surface area contributed by atoms with Crippen molar-refractivity contribution in [1.82, 2.24) is 10.3 Å². The van der Waals surface area contributed by atoms with E-state index in [4.69, 9.17) is 0 Å². The molecule has 2 N–H and O–H groups in total. The molecule has 0 fully saturated rings. The minimum atomic E-state index is -0.0378. The van der Waals surface area contributed by atoms with Crippen LogP contribution in [0, 0.1) is 6.92 Å². The minimum absolute atomic E-state index is 0.0378. The zero-order valence-corrected chi connectivity index (χ0v) is 11.9. The van der Waals surface area contributed by atoms with Crippen molar-refractivity contribution in [3.63, 3.8) is 0 Å². The van der Waals surface area contributed by atoms with Gasteiger partial charge in [-0.15, -0.1) is 11.3 Å². The molecule has 0 unspecified atom stereocenters. The van der Waals surface area contributed by atoms with Crippen LogP contribution in [0.1, 0.15) is 28.0 Å². The zero-order valence-electron chi connectivity index (χ0n) is 11.1. The summed E-state index contributed by atoms with van der Waals surface area (Å²) < 4.78 is 0. The summed E-state index contributed by atoms with van der Waals surface area (Å²) >= 11 is 1.65. The lowest BCUT2D eigenvalue weighted by Crippen LogP contribution is -2.22. The maximum atomic E-state index is 11.6. The van der Waals surface area contributed by atoms with Crippen molar-refractivity contribution in [2.24, 2.45) is 0 Å². The standard InChI is InChI=1S/C14H17N3OS/c1-3-15-14(18)11-4-6-12(7-5-11)16-8-13-9-19-10(2)17-13/h4-7,9,16H,3,8H2,1-2H3,(H,15,18). The third-order valence-corrected chi connectivity index (χ3v) is 3.45. The number of thiazole rings is 1. The Bertz CT molecular complexity index is 548. The summed E-state index contributed by atoms with van der Waals surface area (Å²) in [5, 5.41) is 9.18. The first-order valence-electron chi connectivity index (χ1n) is 6.22. The molecule has 5 heteroatoms. The third-order valence-electron chi connectivity index (χ3n) is 2.62. The second-order valence-corrected chi connectivity index (χ2v) is 5.21. The average Bonchev–Trinajstić information content (AvgIpc) is 2.83. The Morgan fingerprint density at radius 3 is 2.63 bits per heavy atom. The lowest BCUT2D eigenvalue weighted by molar-refractivity contribution is 0.0956. The Hall–Kier alpha value is -1.88. The molecule has 1 heterocycles. The van der Waals surface area contributed by atoms with Gasteiger partial charge in [-0.05, 0) is 38.1 Å². The molecule has 2 rings (SSSR count). The van der Waals surface area contributed by atoms with E-state index in [9.17, 15) is 4.79 Å². The predicted molar refractivity (Wildman–Crippen MR) is 78.6 cm³/mol. The van der Waals surface area contributed by atoms with Crippen molar-refractivity contribution in [3.05, 3.63) is 45.9 Å². The van der Waals surface area contributed by atoms with E-state index in [2.05, 4.69) is 15.6 Å². The van der Waals surface area contributed by atoms with E-state index in [-0.39, 0.29) is 5.91 Å². The van der Waals surface area contributed by atoms with Crippen molar-refractivity contribution < 1.29 is 4.79 Å². The predicted octanol–water partition coefficient (Wildman–Crippen LogP) is 2.81. The number of nitrogens with one attached hydrogen (secondary N) is 2. The maximum absolute atomic E-state index is 11.6. The van der Waals surface area contributed by atoms with Crippen molar-refractivity contribution in [2.75, 3.05) is 11.9 Å². The fourth-order valence-electron chi connectivity index (χ4n) is 1.68. The molecule has 2 aromatic rings. The quantitative estimate of drug-likeness (QED) is 0.882. The van der Waals surface area contributed by atoms with Gasteiger partial charge < -0.3 is 10.6 Å². The van der Waals surface area contributed by atoms with Gasteiger partial charge in [0.15, 0.2) is 0 Å². The molecule has 1 aromatic heterocycles. The Morgan fingerprint density at radius 1 is 1.32 bits per heavy atom. The Morgan fingerprint density at radius 2 is 2.05 bits per heavy atom. The van der Waals surface area contributed by atoms with Gasteiger partial charge in [0.1, 0.15) is 0 Å². The SMILES string of the molecule is CCNC(=O)c1ccc(NCc2csc(C)n2)cc1. The van der Waals surface area contributed by atoms with Gasteiger partial charge in [0.05, 0.1) is 17.2 Å². The number of carbonyl (C=O) groups excluding carboxylic acids is 1. The highest BCUT2D eigenvalue weighted by molar-refractivity contribution is 7.09. The van der Waals surface area contributed by atoms with Gasteiger partial charge in [-0.3, -0.25) is 4.79 Å². The van der Waals surface area contributed by atoms with E-state index < -0.39 is 0 Å². The average molecular weight is 275 g/mol. The largest absolute Gasteiger partial charge is 0.379 e. The molecule has 1 aromatic carbocycles. The molecule has 0 aliphatic rings. The van der Waals surface area contributed by atoms with E-state index in [1.54, 1.807) is 11.3 Å². The molecule has 0 spiro atoms. The van der Waals surface area contributed by atoms with Gasteiger partial charge >= 0.3 is 0 Å². The number of carbonyl (C=O) groups is 1. The first-order chi connectivity index (χ1) is 9.19. The first kappa shape index (κ1) is 13.5. The molecular formula is C14H17N3OS. The summed E-state index contributed by atoms with van der Waals surface area (Å²) in [4.78, 5) is 16.0. The van der Waals surface area contributed by atoms with Crippen molar-refractivity contribution in [2.45, 2.75) is 20.4 Å². The molecule has 0 aliphatic heterocycles. The third kappa shape index (κ3) is 3.79. The number of rotatable bonds is 5. The van der Waals surface area contributed by atoms with E-state index in [1.807, 2.05) is 43.5 Å². The van der Waals surface area contributed by atoms with Crippen LogP contribution in [0.5, 0.6) is 0 Å². The first-order valence-corrected chi connectivity index (χ1v) is 7.10. The fourth-order valence-corrected chi connectivity index (χ4v) is 2.30. The normalized spacial score (nSPS) is 10.2. The molecule has 1 amide bonds. The number of hydrogen-bond donors (Lipinski definition) is 2. The molecule has 0 aliphatic carbocycles. The Balaban J connectivity index is 1.93. The number of aryl methyl sites for hydroxylation is 1. The molecule has 0 atom stereocenters. The van der Waals surface area contributed by atoms with Crippen LogP contribution in [0.2, 0.25) is 0 Å². The van der Waals surface area contributed by atoms with Crippen LogP contribution in [0.15, 0.2) is 29.6 Å². The van der Waals surface area contributed by atoms with Gasteiger partial charge in [-0.1, -0.05) is 0 Å². The Kier molecular flexibility index (Phi) is 4.52. The number of anilines is 1. The van der Waals surface area contributed by atoms with Gasteiger partial charge in [-0.2, -0.15) is 0 Å². The summed E-state index contributed by atoms with van der Waals surface area (Å²) in [6.45, 7) is 5.24. The fraction of sp³-hybridized carbons (Fsp3) is 0.286. The summed E-state index contributed by atoms with van der Waals surface area (Å²) in [7, 11) is 0. The topological polar surface area (TPSA) is 54.0 Å². The summed E-state index contributed by atoms with van der Waals surface area (Å²) in [6, 6.07) is 7.45. The second kappa shape index (κ2) is 6.33. The molecule has 0 bridgehead atoms. The number of hydrogen-bond acceptors (Lipinski definition) is 4. The smallest absolute Gasteiger partial charge is 0.251 e. The molecule has 0 saturated carbocycles. The molecule has 0 radical (unpaired) electrons. The van der Waals surface area contributed by atoms with Crippen LogP contribution in [0.3, 0.4) is 0 Å². The van der Waals surface area contributed by atoms with E-state index in [0.717, 1.165) is 16.4 Å². The van der Waals surface area contributed by atoms with Gasteiger partial charge in [0, 0.05) is 23.2 Å². The summed E-state index contributed by atoms with van der Waals surface area (Å²) in [6.07, 6.45) is 0. The zero-order chi connectivity index (χ0) is 13.7. The van der Waals surface area contributed by atoms with Crippen LogP contribution >= 0.6 is 11.3 Å². The molecule has 0 saturated heterocycles. The van der Waals surface area contributed by atoms with Crippen molar-refractivity contribution in [1.29, 1.82) is 0 Å². The maximum Gasteiger partial charge on any atom is 0.251 e. The number of nitrogens with zero attached hydrogens (tertiary/aromatic N) is 1. The van der Waals surface area contributed by atoms with Gasteiger partial charge in [-0.25, -0.2) is 4.98 Å². The molecular weight excluding hydrogens is 258 g/mol. The molecule has 19 heavy (non-hydrogen) atoms. The number of benzene rings is 1. The summed E-state index contributed by atoms with van der Waals surface area (Å²) in [5.41, 5.74) is 2.70. The van der Waals surface area contributed by atoms with Crippen molar-refractivity contribution >= 4 is 22.9 Å². The highest BCUT2D eigenvalue weighted by atomic mass is 32.1. The summed E-state index contributed by atoms with van der Waals surface area (Å²) in [5.74, 6) is -0.0378. The van der Waals surface area contributed by atoms with Gasteiger partial charge in [0.25, 0.3) is 5.91 Å². The number of amides is 1. The van der Waals surface area contributed by atoms with E-state index in [0.29, 0.717) is 18.7 Å². The van der Waals surface area contributed by atoms with Crippen LogP contribution < -0.4 is 10.6 Å². The van der Waals surface area contributed by atoms with E-state index in [1.165, 1.54) is 0 Å². The van der Waals surface area contributed by atoms with Crippen LogP contribution in [0.25, 0.3) is 0 Å².